The van der Waals surface area contributed by atoms with Crippen molar-refractivity contribution in [1.29, 1.82) is 0 Å². The van der Waals surface area contributed by atoms with Crippen LogP contribution in [0.3, 0.4) is 0 Å². The first-order valence-corrected chi connectivity index (χ1v) is 6.47. The Balaban J connectivity index is 2.46. The van der Waals surface area contributed by atoms with Gasteiger partial charge in [0.25, 0.3) is 0 Å². The van der Waals surface area contributed by atoms with Gasteiger partial charge < -0.3 is 14.8 Å². The largest absolute Gasteiger partial charge is 0.478 e. The summed E-state index contributed by atoms with van der Waals surface area (Å²) < 4.78 is 10.6. The molecular formula is C13H23N3O2. The third kappa shape index (κ3) is 5.82. The van der Waals surface area contributed by atoms with E-state index in [1.54, 1.807) is 7.11 Å². The number of unbranched alkanes of at least 4 members (excludes halogenated alkanes) is 1. The molecule has 0 aliphatic heterocycles. The van der Waals surface area contributed by atoms with Crippen LogP contribution in [0.5, 0.6) is 5.88 Å². The van der Waals surface area contributed by atoms with Crippen molar-refractivity contribution in [2.75, 3.05) is 32.2 Å². The zero-order valence-electron chi connectivity index (χ0n) is 11.5. The topological polar surface area (TPSA) is 56.3 Å². The van der Waals surface area contributed by atoms with Crippen molar-refractivity contribution in [3.05, 3.63) is 11.9 Å². The molecule has 0 spiro atoms. The Labute approximate surface area is 109 Å². The number of nitrogens with one attached hydrogen (secondary N) is 1. The standard InChI is InChI=1S/C13H23N3O2/c1-4-5-9-18-13-10-12(15-11(2)16-13)14-7-6-8-17-3/h10H,4-9H2,1-3H3,(H,14,15,16). The molecule has 0 amide bonds. The summed E-state index contributed by atoms with van der Waals surface area (Å²) in [7, 11) is 1.70. The van der Waals surface area contributed by atoms with Crippen molar-refractivity contribution in [2.45, 2.75) is 33.1 Å². The molecule has 1 aromatic rings. The fourth-order valence-corrected chi connectivity index (χ4v) is 1.46. The van der Waals surface area contributed by atoms with Crippen LogP contribution in [0, 0.1) is 6.92 Å². The van der Waals surface area contributed by atoms with E-state index in [0.717, 1.165) is 44.1 Å². The van der Waals surface area contributed by atoms with Crippen LogP contribution in [-0.4, -0.2) is 36.8 Å². The number of aromatic nitrogens is 2. The number of anilines is 1. The van der Waals surface area contributed by atoms with Gasteiger partial charge in [-0.05, 0) is 19.8 Å². The number of nitrogens with zero attached hydrogens (tertiary/aromatic N) is 2. The first-order valence-electron chi connectivity index (χ1n) is 6.47. The Morgan fingerprint density at radius 1 is 1.22 bits per heavy atom. The van der Waals surface area contributed by atoms with Crippen LogP contribution in [0.4, 0.5) is 5.82 Å². The average Bonchev–Trinajstić information content (AvgIpc) is 2.34. The molecule has 1 aromatic heterocycles. The maximum atomic E-state index is 5.58. The molecule has 0 fully saturated rings. The van der Waals surface area contributed by atoms with Crippen LogP contribution in [0.25, 0.3) is 0 Å². The minimum absolute atomic E-state index is 0.644. The highest BCUT2D eigenvalue weighted by Crippen LogP contribution is 2.13. The lowest BCUT2D eigenvalue weighted by Crippen LogP contribution is -2.08. The van der Waals surface area contributed by atoms with Crippen molar-refractivity contribution >= 4 is 5.82 Å². The van der Waals surface area contributed by atoms with E-state index in [-0.39, 0.29) is 0 Å². The monoisotopic (exact) mass is 253 g/mol. The fourth-order valence-electron chi connectivity index (χ4n) is 1.46. The van der Waals surface area contributed by atoms with E-state index in [0.29, 0.717) is 12.5 Å². The number of hydrogen-bond donors (Lipinski definition) is 1. The van der Waals surface area contributed by atoms with Gasteiger partial charge >= 0.3 is 0 Å². The third-order valence-electron chi connectivity index (χ3n) is 2.39. The van der Waals surface area contributed by atoms with Crippen LogP contribution >= 0.6 is 0 Å². The zero-order chi connectivity index (χ0) is 13.2. The van der Waals surface area contributed by atoms with Gasteiger partial charge in [0.15, 0.2) is 0 Å². The summed E-state index contributed by atoms with van der Waals surface area (Å²) in [6, 6.07) is 1.84. The van der Waals surface area contributed by atoms with E-state index in [9.17, 15) is 0 Å². The van der Waals surface area contributed by atoms with Gasteiger partial charge in [-0.1, -0.05) is 13.3 Å². The summed E-state index contributed by atoms with van der Waals surface area (Å²) >= 11 is 0. The van der Waals surface area contributed by atoms with Crippen LogP contribution in [0.1, 0.15) is 32.0 Å². The van der Waals surface area contributed by atoms with Gasteiger partial charge in [0.1, 0.15) is 11.6 Å². The Morgan fingerprint density at radius 3 is 2.78 bits per heavy atom. The van der Waals surface area contributed by atoms with Crippen molar-refractivity contribution in [3.63, 3.8) is 0 Å². The zero-order valence-corrected chi connectivity index (χ0v) is 11.5. The van der Waals surface area contributed by atoms with E-state index in [1.807, 2.05) is 13.0 Å². The molecule has 0 saturated carbocycles. The molecule has 0 bridgehead atoms. The second-order valence-corrected chi connectivity index (χ2v) is 4.11. The van der Waals surface area contributed by atoms with Crippen LogP contribution in [0.15, 0.2) is 6.07 Å². The molecule has 18 heavy (non-hydrogen) atoms. The molecule has 0 aliphatic carbocycles. The third-order valence-corrected chi connectivity index (χ3v) is 2.39. The lowest BCUT2D eigenvalue weighted by molar-refractivity contribution is 0.197. The fraction of sp³-hybridized carbons (Fsp3) is 0.692. The van der Waals surface area contributed by atoms with Crippen molar-refractivity contribution in [2.24, 2.45) is 0 Å². The molecule has 5 nitrogen and oxygen atoms in total. The van der Waals surface area contributed by atoms with Crippen molar-refractivity contribution in [3.8, 4) is 5.88 Å². The maximum Gasteiger partial charge on any atom is 0.218 e. The minimum atomic E-state index is 0.644. The molecule has 5 heteroatoms. The molecule has 1 heterocycles. The van der Waals surface area contributed by atoms with E-state index >= 15 is 0 Å². The average molecular weight is 253 g/mol. The van der Waals surface area contributed by atoms with E-state index in [2.05, 4.69) is 22.2 Å². The van der Waals surface area contributed by atoms with Gasteiger partial charge in [-0.3, -0.25) is 0 Å². The van der Waals surface area contributed by atoms with Gasteiger partial charge in [0, 0.05) is 26.3 Å². The Kier molecular flexibility index (Phi) is 7.10. The first kappa shape index (κ1) is 14.7. The molecule has 1 rings (SSSR count). The second kappa shape index (κ2) is 8.69. The number of ether oxygens (including phenoxy) is 2. The van der Waals surface area contributed by atoms with E-state index < -0.39 is 0 Å². The number of hydrogen-bond acceptors (Lipinski definition) is 5. The smallest absolute Gasteiger partial charge is 0.218 e. The molecule has 0 radical (unpaired) electrons. The molecule has 0 saturated heterocycles. The van der Waals surface area contributed by atoms with Crippen molar-refractivity contribution < 1.29 is 9.47 Å². The van der Waals surface area contributed by atoms with E-state index in [1.165, 1.54) is 0 Å². The Hall–Kier alpha value is -1.36. The van der Waals surface area contributed by atoms with Crippen LogP contribution in [-0.2, 0) is 4.74 Å². The maximum absolute atomic E-state index is 5.58. The Bertz CT molecular complexity index is 345. The summed E-state index contributed by atoms with van der Waals surface area (Å²) in [4.78, 5) is 8.57. The van der Waals surface area contributed by atoms with Crippen molar-refractivity contribution in [1.82, 2.24) is 9.97 Å². The lowest BCUT2D eigenvalue weighted by Gasteiger charge is -2.09. The quantitative estimate of drug-likeness (QED) is 0.685. The summed E-state index contributed by atoms with van der Waals surface area (Å²) in [6.07, 6.45) is 3.11. The molecule has 0 unspecified atom stereocenters. The highest BCUT2D eigenvalue weighted by Gasteiger charge is 2.02. The summed E-state index contributed by atoms with van der Waals surface area (Å²) in [5, 5.41) is 3.24. The number of methoxy groups -OCH3 is 1. The summed E-state index contributed by atoms with van der Waals surface area (Å²) in [5.74, 6) is 2.17. The van der Waals surface area contributed by atoms with Gasteiger partial charge in [0.2, 0.25) is 5.88 Å². The summed E-state index contributed by atoms with van der Waals surface area (Å²) in [5.41, 5.74) is 0. The predicted molar refractivity (Wildman–Crippen MR) is 72.2 cm³/mol. The second-order valence-electron chi connectivity index (χ2n) is 4.11. The molecule has 102 valence electrons. The number of rotatable bonds is 9. The normalized spacial score (nSPS) is 10.4. The highest BCUT2D eigenvalue weighted by atomic mass is 16.5. The number of aryl methyl sites for hydroxylation is 1. The Morgan fingerprint density at radius 2 is 2.06 bits per heavy atom. The van der Waals surface area contributed by atoms with Gasteiger partial charge in [0.05, 0.1) is 6.61 Å². The SMILES string of the molecule is CCCCOc1cc(NCCCOC)nc(C)n1. The van der Waals surface area contributed by atoms with Crippen LogP contribution < -0.4 is 10.1 Å². The predicted octanol–water partition coefficient (Wildman–Crippen LogP) is 2.41. The lowest BCUT2D eigenvalue weighted by atomic mass is 10.4. The first-order chi connectivity index (χ1) is 8.76. The highest BCUT2D eigenvalue weighted by molar-refractivity contribution is 5.38. The van der Waals surface area contributed by atoms with Gasteiger partial charge in [-0.2, -0.15) is 4.98 Å². The molecule has 0 aliphatic rings. The molecule has 0 atom stereocenters. The molecular weight excluding hydrogens is 230 g/mol. The molecule has 0 aromatic carbocycles. The molecule has 1 N–H and O–H groups in total. The summed E-state index contributed by atoms with van der Waals surface area (Å²) in [6.45, 7) is 6.29. The van der Waals surface area contributed by atoms with Crippen LogP contribution in [0.2, 0.25) is 0 Å². The minimum Gasteiger partial charge on any atom is -0.478 e. The van der Waals surface area contributed by atoms with Gasteiger partial charge in [-0.25, -0.2) is 4.98 Å². The van der Waals surface area contributed by atoms with E-state index in [4.69, 9.17) is 9.47 Å². The van der Waals surface area contributed by atoms with Gasteiger partial charge in [-0.15, -0.1) is 0 Å².